The summed E-state index contributed by atoms with van der Waals surface area (Å²) in [6.07, 6.45) is 5.98. The smallest absolute Gasteiger partial charge is 0.126 e. The molecule has 0 bridgehead atoms. The molecule has 0 aliphatic heterocycles. The average Bonchev–Trinajstić information content (AvgIpc) is 2.35. The Hall–Kier alpha value is -1.54. The SMILES string of the molecule is C=CCOc1ccccc1/C=C/C(C)NCC. The minimum absolute atomic E-state index is 0.368. The van der Waals surface area contributed by atoms with E-state index < -0.39 is 0 Å². The Kier molecular flexibility index (Phi) is 6.12. The Morgan fingerprint density at radius 1 is 1.41 bits per heavy atom. The molecule has 0 radical (unpaired) electrons. The maximum atomic E-state index is 5.59. The molecule has 0 spiro atoms. The second kappa shape index (κ2) is 7.69. The van der Waals surface area contributed by atoms with E-state index in [9.17, 15) is 0 Å². The maximum absolute atomic E-state index is 5.59. The van der Waals surface area contributed by atoms with Gasteiger partial charge in [-0.1, -0.05) is 49.9 Å². The molecule has 2 nitrogen and oxygen atoms in total. The number of likely N-dealkylation sites (N-methyl/N-ethyl adjacent to an activating group) is 1. The molecule has 1 aromatic rings. The first-order chi connectivity index (χ1) is 8.27. The highest BCUT2D eigenvalue weighted by atomic mass is 16.5. The van der Waals surface area contributed by atoms with E-state index in [0.29, 0.717) is 12.6 Å². The van der Waals surface area contributed by atoms with Crippen LogP contribution in [-0.2, 0) is 0 Å². The van der Waals surface area contributed by atoms with Gasteiger partial charge in [-0.2, -0.15) is 0 Å². The first-order valence-electron chi connectivity index (χ1n) is 6.02. The summed E-state index contributed by atoms with van der Waals surface area (Å²) >= 11 is 0. The van der Waals surface area contributed by atoms with E-state index in [1.807, 2.05) is 24.3 Å². The fraction of sp³-hybridized carbons (Fsp3) is 0.333. The zero-order chi connectivity index (χ0) is 12.5. The van der Waals surface area contributed by atoms with Crippen molar-refractivity contribution in [1.29, 1.82) is 0 Å². The molecule has 0 fully saturated rings. The van der Waals surface area contributed by atoms with E-state index in [1.54, 1.807) is 6.08 Å². The molecule has 0 heterocycles. The lowest BCUT2D eigenvalue weighted by Gasteiger charge is -2.09. The Morgan fingerprint density at radius 2 is 2.18 bits per heavy atom. The molecule has 0 saturated heterocycles. The molecule has 1 atom stereocenters. The van der Waals surface area contributed by atoms with Crippen molar-refractivity contribution in [2.45, 2.75) is 19.9 Å². The van der Waals surface area contributed by atoms with Crippen molar-refractivity contribution in [3.05, 3.63) is 48.6 Å². The third-order valence-corrected chi connectivity index (χ3v) is 2.37. The summed E-state index contributed by atoms with van der Waals surface area (Å²) in [5, 5.41) is 3.33. The van der Waals surface area contributed by atoms with Gasteiger partial charge in [-0.15, -0.1) is 0 Å². The van der Waals surface area contributed by atoms with Gasteiger partial charge >= 0.3 is 0 Å². The van der Waals surface area contributed by atoms with E-state index >= 15 is 0 Å². The minimum Gasteiger partial charge on any atom is -0.489 e. The Bertz CT molecular complexity index is 371. The van der Waals surface area contributed by atoms with Crippen LogP contribution in [0.5, 0.6) is 5.75 Å². The quantitative estimate of drug-likeness (QED) is 0.727. The van der Waals surface area contributed by atoms with Gasteiger partial charge in [0.25, 0.3) is 0 Å². The Labute approximate surface area is 104 Å². The van der Waals surface area contributed by atoms with Crippen LogP contribution in [0.1, 0.15) is 19.4 Å². The van der Waals surface area contributed by atoms with Gasteiger partial charge in [0.05, 0.1) is 0 Å². The van der Waals surface area contributed by atoms with Crippen LogP contribution < -0.4 is 10.1 Å². The zero-order valence-corrected chi connectivity index (χ0v) is 10.6. The molecule has 1 N–H and O–H groups in total. The molecular weight excluding hydrogens is 210 g/mol. The van der Waals surface area contributed by atoms with Gasteiger partial charge in [0.1, 0.15) is 12.4 Å². The fourth-order valence-electron chi connectivity index (χ4n) is 1.54. The second-order valence-corrected chi connectivity index (χ2v) is 3.84. The van der Waals surface area contributed by atoms with Crippen LogP contribution in [-0.4, -0.2) is 19.2 Å². The van der Waals surface area contributed by atoms with Crippen molar-refractivity contribution in [3.8, 4) is 5.75 Å². The van der Waals surface area contributed by atoms with Gasteiger partial charge in [-0.25, -0.2) is 0 Å². The Balaban J connectivity index is 2.71. The number of hydrogen-bond acceptors (Lipinski definition) is 2. The molecular formula is C15H21NO. The summed E-state index contributed by atoms with van der Waals surface area (Å²) < 4.78 is 5.59. The summed E-state index contributed by atoms with van der Waals surface area (Å²) in [4.78, 5) is 0. The van der Waals surface area contributed by atoms with Crippen LogP contribution in [0.3, 0.4) is 0 Å². The molecule has 2 heteroatoms. The summed E-state index contributed by atoms with van der Waals surface area (Å²) in [5.74, 6) is 0.896. The van der Waals surface area contributed by atoms with Crippen LogP contribution in [0.4, 0.5) is 0 Å². The molecule has 1 aromatic carbocycles. The number of benzene rings is 1. The third-order valence-electron chi connectivity index (χ3n) is 2.37. The number of rotatable bonds is 7. The first kappa shape index (κ1) is 13.5. The molecule has 17 heavy (non-hydrogen) atoms. The Morgan fingerprint density at radius 3 is 2.88 bits per heavy atom. The molecule has 1 rings (SSSR count). The first-order valence-corrected chi connectivity index (χ1v) is 6.02. The highest BCUT2D eigenvalue weighted by Gasteiger charge is 1.99. The van der Waals surface area contributed by atoms with Gasteiger partial charge in [0, 0.05) is 11.6 Å². The number of para-hydroxylation sites is 1. The minimum atomic E-state index is 0.368. The monoisotopic (exact) mass is 231 g/mol. The zero-order valence-electron chi connectivity index (χ0n) is 10.6. The van der Waals surface area contributed by atoms with E-state index in [1.165, 1.54) is 0 Å². The molecule has 1 unspecified atom stereocenters. The van der Waals surface area contributed by atoms with E-state index in [2.05, 4.69) is 37.9 Å². The largest absolute Gasteiger partial charge is 0.489 e. The topological polar surface area (TPSA) is 21.3 Å². The number of nitrogens with one attached hydrogen (secondary N) is 1. The van der Waals surface area contributed by atoms with Crippen LogP contribution >= 0.6 is 0 Å². The van der Waals surface area contributed by atoms with Crippen molar-refractivity contribution in [3.63, 3.8) is 0 Å². The van der Waals surface area contributed by atoms with Gasteiger partial charge < -0.3 is 10.1 Å². The summed E-state index contributed by atoms with van der Waals surface area (Å²) in [6, 6.07) is 8.38. The van der Waals surface area contributed by atoms with Gasteiger partial charge in [-0.05, 0) is 19.5 Å². The highest BCUT2D eigenvalue weighted by molar-refractivity contribution is 5.57. The summed E-state index contributed by atoms with van der Waals surface area (Å²) in [5.41, 5.74) is 1.10. The van der Waals surface area contributed by atoms with Crippen LogP contribution in [0, 0.1) is 0 Å². The lowest BCUT2D eigenvalue weighted by atomic mass is 10.1. The fourth-order valence-corrected chi connectivity index (χ4v) is 1.54. The summed E-state index contributed by atoms with van der Waals surface area (Å²) in [7, 11) is 0. The van der Waals surface area contributed by atoms with Crippen molar-refractivity contribution >= 4 is 6.08 Å². The summed E-state index contributed by atoms with van der Waals surface area (Å²) in [6.45, 7) is 9.39. The van der Waals surface area contributed by atoms with E-state index in [-0.39, 0.29) is 0 Å². The average molecular weight is 231 g/mol. The molecule has 0 saturated carbocycles. The predicted molar refractivity (Wildman–Crippen MR) is 74.3 cm³/mol. The predicted octanol–water partition coefficient (Wildman–Crippen LogP) is 3.26. The van der Waals surface area contributed by atoms with Crippen molar-refractivity contribution < 1.29 is 4.74 Å². The van der Waals surface area contributed by atoms with Crippen LogP contribution in [0.15, 0.2) is 43.0 Å². The molecule has 0 aliphatic rings. The molecule has 92 valence electrons. The normalized spacial score (nSPS) is 12.6. The molecule has 0 aromatic heterocycles. The van der Waals surface area contributed by atoms with Gasteiger partial charge in [0.15, 0.2) is 0 Å². The van der Waals surface area contributed by atoms with E-state index in [0.717, 1.165) is 17.9 Å². The van der Waals surface area contributed by atoms with Crippen molar-refractivity contribution in [1.82, 2.24) is 5.32 Å². The van der Waals surface area contributed by atoms with E-state index in [4.69, 9.17) is 4.74 Å². The van der Waals surface area contributed by atoms with Crippen molar-refractivity contribution in [2.75, 3.05) is 13.2 Å². The van der Waals surface area contributed by atoms with Crippen LogP contribution in [0.2, 0.25) is 0 Å². The number of ether oxygens (including phenoxy) is 1. The maximum Gasteiger partial charge on any atom is 0.126 e. The van der Waals surface area contributed by atoms with Gasteiger partial charge in [-0.3, -0.25) is 0 Å². The second-order valence-electron chi connectivity index (χ2n) is 3.84. The lowest BCUT2D eigenvalue weighted by molar-refractivity contribution is 0.362. The lowest BCUT2D eigenvalue weighted by Crippen LogP contribution is -2.22. The number of hydrogen-bond donors (Lipinski definition) is 1. The van der Waals surface area contributed by atoms with Crippen molar-refractivity contribution in [2.24, 2.45) is 0 Å². The highest BCUT2D eigenvalue weighted by Crippen LogP contribution is 2.19. The third kappa shape index (κ3) is 4.87. The van der Waals surface area contributed by atoms with Gasteiger partial charge in [0.2, 0.25) is 0 Å². The standard InChI is InChI=1S/C15H21NO/c1-4-12-17-15-9-7-6-8-14(15)11-10-13(3)16-5-2/h4,6-11,13,16H,1,5,12H2,2-3H3/b11-10+. The van der Waals surface area contributed by atoms with Crippen LogP contribution in [0.25, 0.3) is 6.08 Å². The molecule has 0 amide bonds. The molecule has 0 aliphatic carbocycles.